The van der Waals surface area contributed by atoms with Gasteiger partial charge in [0.2, 0.25) is 0 Å². The molecule has 1 aliphatic rings. The smallest absolute Gasteiger partial charge is 0.00174 e. The van der Waals surface area contributed by atoms with Crippen molar-refractivity contribution in [1.29, 1.82) is 0 Å². The minimum absolute atomic E-state index is 0.602. The van der Waals surface area contributed by atoms with E-state index in [1.807, 2.05) is 0 Å². The van der Waals surface area contributed by atoms with Crippen molar-refractivity contribution in [3.8, 4) is 0 Å². The van der Waals surface area contributed by atoms with Crippen LogP contribution in [-0.4, -0.2) is 13.1 Å². The quantitative estimate of drug-likeness (QED) is 0.270. The molecule has 0 aliphatic heterocycles. The second kappa shape index (κ2) is 15.5. The Morgan fingerprint density at radius 2 is 1.67 bits per heavy atom. The SMILES string of the molecule is CCc1cccc(C(C)CNCCCCCCCCCCCC2=CCC(C)C=C2)c1. The molecule has 0 heterocycles. The summed E-state index contributed by atoms with van der Waals surface area (Å²) in [5, 5.41) is 3.67. The van der Waals surface area contributed by atoms with Crippen LogP contribution in [0.15, 0.2) is 48.1 Å². The highest BCUT2D eigenvalue weighted by molar-refractivity contribution is 5.26. The number of benzene rings is 1. The molecule has 2 atom stereocenters. The second-order valence-corrected chi connectivity index (χ2v) is 9.49. The van der Waals surface area contributed by atoms with E-state index in [2.05, 4.69) is 68.6 Å². The van der Waals surface area contributed by atoms with Crippen molar-refractivity contribution in [3.05, 3.63) is 59.2 Å². The van der Waals surface area contributed by atoms with E-state index in [-0.39, 0.29) is 0 Å². The van der Waals surface area contributed by atoms with E-state index in [1.54, 1.807) is 5.57 Å². The predicted molar refractivity (Wildman–Crippen MR) is 134 cm³/mol. The maximum atomic E-state index is 3.67. The van der Waals surface area contributed by atoms with Gasteiger partial charge in [-0.3, -0.25) is 0 Å². The van der Waals surface area contributed by atoms with Gasteiger partial charge in [0.05, 0.1) is 0 Å². The van der Waals surface area contributed by atoms with E-state index in [0.717, 1.165) is 18.9 Å². The Hall–Kier alpha value is -1.34. The minimum Gasteiger partial charge on any atom is -0.316 e. The lowest BCUT2D eigenvalue weighted by Gasteiger charge is -2.14. The van der Waals surface area contributed by atoms with Crippen molar-refractivity contribution in [2.24, 2.45) is 5.92 Å². The highest BCUT2D eigenvalue weighted by Gasteiger charge is 2.05. The zero-order valence-electron chi connectivity index (χ0n) is 20.1. The number of rotatable bonds is 16. The Kier molecular flexibility index (Phi) is 12.8. The summed E-state index contributed by atoms with van der Waals surface area (Å²) in [6, 6.07) is 9.08. The molecule has 1 aromatic carbocycles. The Bertz CT molecular complexity index is 627. The molecule has 1 aromatic rings. The lowest BCUT2D eigenvalue weighted by Crippen LogP contribution is -2.21. The number of allylic oxidation sites excluding steroid dienone is 4. The molecule has 1 nitrogen and oxygen atoms in total. The van der Waals surface area contributed by atoms with Crippen molar-refractivity contribution in [2.45, 2.75) is 104 Å². The molecule has 0 bridgehead atoms. The topological polar surface area (TPSA) is 12.0 Å². The van der Waals surface area contributed by atoms with E-state index >= 15 is 0 Å². The lowest BCUT2D eigenvalue weighted by atomic mass is 9.95. The van der Waals surface area contributed by atoms with Crippen LogP contribution in [0.5, 0.6) is 0 Å². The van der Waals surface area contributed by atoms with E-state index in [0.29, 0.717) is 5.92 Å². The van der Waals surface area contributed by atoms with Crippen LogP contribution >= 0.6 is 0 Å². The van der Waals surface area contributed by atoms with Crippen LogP contribution in [0.4, 0.5) is 0 Å². The van der Waals surface area contributed by atoms with Crippen LogP contribution in [0.25, 0.3) is 0 Å². The summed E-state index contributed by atoms with van der Waals surface area (Å²) in [7, 11) is 0. The molecule has 1 aliphatic carbocycles. The largest absolute Gasteiger partial charge is 0.316 e. The van der Waals surface area contributed by atoms with Gasteiger partial charge in [0.1, 0.15) is 0 Å². The molecule has 0 aromatic heterocycles. The molecular weight excluding hydrogens is 362 g/mol. The summed E-state index contributed by atoms with van der Waals surface area (Å²) in [5.74, 6) is 1.35. The summed E-state index contributed by atoms with van der Waals surface area (Å²) < 4.78 is 0. The van der Waals surface area contributed by atoms with Crippen LogP contribution in [0.2, 0.25) is 0 Å². The first-order valence-electron chi connectivity index (χ1n) is 12.9. The standard InChI is InChI=1S/C29H47N/c1-4-27-16-14-17-29(23-27)26(3)24-30-22-13-11-9-7-5-6-8-10-12-15-28-20-18-25(2)19-21-28/h14,16-18,20-21,23,25-26,30H,4-13,15,19,22,24H2,1-3H3. The van der Waals surface area contributed by atoms with E-state index < -0.39 is 0 Å². The van der Waals surface area contributed by atoms with Gasteiger partial charge in [-0.15, -0.1) is 0 Å². The van der Waals surface area contributed by atoms with Crippen LogP contribution in [0.1, 0.15) is 108 Å². The average molecular weight is 410 g/mol. The zero-order valence-corrected chi connectivity index (χ0v) is 20.1. The molecule has 0 saturated heterocycles. The first-order valence-corrected chi connectivity index (χ1v) is 12.9. The van der Waals surface area contributed by atoms with E-state index in [1.165, 1.54) is 88.3 Å². The summed E-state index contributed by atoms with van der Waals surface area (Å²) in [6.07, 6.45) is 23.4. The van der Waals surface area contributed by atoms with Gasteiger partial charge in [-0.2, -0.15) is 0 Å². The fraction of sp³-hybridized carbons (Fsp3) is 0.655. The number of aryl methyl sites for hydroxylation is 1. The van der Waals surface area contributed by atoms with Crippen molar-refractivity contribution < 1.29 is 0 Å². The van der Waals surface area contributed by atoms with Gasteiger partial charge in [-0.1, -0.05) is 114 Å². The molecule has 0 fully saturated rings. The minimum atomic E-state index is 0.602. The Labute approximate surface area is 187 Å². The molecule has 0 amide bonds. The zero-order chi connectivity index (χ0) is 21.4. The first kappa shape index (κ1) is 24.9. The molecule has 1 heteroatoms. The van der Waals surface area contributed by atoms with Gasteiger partial charge in [-0.25, -0.2) is 0 Å². The lowest BCUT2D eigenvalue weighted by molar-refractivity contribution is 0.536. The third-order valence-electron chi connectivity index (χ3n) is 6.59. The van der Waals surface area contributed by atoms with Gasteiger partial charge in [-0.05, 0) is 61.6 Å². The van der Waals surface area contributed by atoms with Crippen LogP contribution in [0, 0.1) is 5.92 Å². The van der Waals surface area contributed by atoms with Crippen molar-refractivity contribution in [1.82, 2.24) is 5.32 Å². The van der Waals surface area contributed by atoms with Crippen LogP contribution in [0.3, 0.4) is 0 Å². The molecule has 0 radical (unpaired) electrons. The van der Waals surface area contributed by atoms with Gasteiger partial charge in [0.15, 0.2) is 0 Å². The fourth-order valence-corrected chi connectivity index (χ4v) is 4.33. The first-order chi connectivity index (χ1) is 14.7. The van der Waals surface area contributed by atoms with Gasteiger partial charge < -0.3 is 5.32 Å². The number of hydrogen-bond acceptors (Lipinski definition) is 1. The monoisotopic (exact) mass is 409 g/mol. The van der Waals surface area contributed by atoms with Gasteiger partial charge >= 0.3 is 0 Å². The maximum Gasteiger partial charge on any atom is 0.00174 e. The molecule has 2 rings (SSSR count). The highest BCUT2D eigenvalue weighted by atomic mass is 14.8. The van der Waals surface area contributed by atoms with Gasteiger partial charge in [0, 0.05) is 6.54 Å². The third kappa shape index (κ3) is 10.6. The summed E-state index contributed by atoms with van der Waals surface area (Å²) in [6.45, 7) is 9.13. The normalized spacial score (nSPS) is 17.2. The Morgan fingerprint density at radius 1 is 0.967 bits per heavy atom. The van der Waals surface area contributed by atoms with Crippen molar-refractivity contribution in [2.75, 3.05) is 13.1 Å². The van der Waals surface area contributed by atoms with E-state index in [4.69, 9.17) is 0 Å². The molecule has 30 heavy (non-hydrogen) atoms. The van der Waals surface area contributed by atoms with Crippen molar-refractivity contribution in [3.63, 3.8) is 0 Å². The average Bonchev–Trinajstić information content (AvgIpc) is 2.78. The van der Waals surface area contributed by atoms with Crippen LogP contribution < -0.4 is 5.32 Å². The molecule has 168 valence electrons. The van der Waals surface area contributed by atoms with Crippen molar-refractivity contribution >= 4 is 0 Å². The molecule has 0 saturated carbocycles. The van der Waals surface area contributed by atoms with E-state index in [9.17, 15) is 0 Å². The Morgan fingerprint density at radius 3 is 2.33 bits per heavy atom. The maximum absolute atomic E-state index is 3.67. The predicted octanol–water partition coefficient (Wildman–Crippen LogP) is 8.37. The summed E-state index contributed by atoms with van der Waals surface area (Å²) in [4.78, 5) is 0. The number of unbranched alkanes of at least 4 members (excludes halogenated alkanes) is 8. The molecule has 1 N–H and O–H groups in total. The summed E-state index contributed by atoms with van der Waals surface area (Å²) in [5.41, 5.74) is 4.50. The highest BCUT2D eigenvalue weighted by Crippen LogP contribution is 2.20. The second-order valence-electron chi connectivity index (χ2n) is 9.49. The van der Waals surface area contributed by atoms with Gasteiger partial charge in [0.25, 0.3) is 0 Å². The number of hydrogen-bond donors (Lipinski definition) is 1. The molecule has 0 spiro atoms. The summed E-state index contributed by atoms with van der Waals surface area (Å²) >= 11 is 0. The third-order valence-corrected chi connectivity index (χ3v) is 6.59. The number of nitrogens with one attached hydrogen (secondary N) is 1. The Balaban J connectivity index is 1.35. The molecule has 2 unspecified atom stereocenters. The molecular formula is C29H47N. The van der Waals surface area contributed by atoms with Crippen LogP contribution in [-0.2, 0) is 6.42 Å². The fourth-order valence-electron chi connectivity index (χ4n) is 4.33.